The van der Waals surface area contributed by atoms with E-state index in [2.05, 4.69) is 125 Å². The second kappa shape index (κ2) is 9.79. The van der Waals surface area contributed by atoms with Crippen molar-refractivity contribution in [3.63, 3.8) is 0 Å². The highest BCUT2D eigenvalue weighted by atomic mass is 15.2. The van der Waals surface area contributed by atoms with Crippen LogP contribution in [0.1, 0.15) is 59.3 Å². The molecule has 5 unspecified atom stereocenters. The van der Waals surface area contributed by atoms with Crippen LogP contribution in [-0.4, -0.2) is 12.1 Å². The summed E-state index contributed by atoms with van der Waals surface area (Å²) in [5, 5.41) is 20.7. The number of hydrogen-bond donors (Lipinski definition) is 0. The lowest BCUT2D eigenvalue weighted by molar-refractivity contribution is 0.563. The van der Waals surface area contributed by atoms with E-state index < -0.39 is 0 Å². The molecule has 0 saturated carbocycles. The van der Waals surface area contributed by atoms with Crippen molar-refractivity contribution < 1.29 is 0 Å². The highest BCUT2D eigenvalue weighted by molar-refractivity contribution is 5.78. The predicted molar refractivity (Wildman–Crippen MR) is 168 cm³/mol. The van der Waals surface area contributed by atoms with Gasteiger partial charge in [-0.2, -0.15) is 10.5 Å². The first kappa shape index (κ1) is 24.7. The second-order valence-corrected chi connectivity index (χ2v) is 11.8. The van der Waals surface area contributed by atoms with Crippen LogP contribution < -0.4 is 9.80 Å². The van der Waals surface area contributed by atoms with Gasteiger partial charge in [-0.1, -0.05) is 85.0 Å². The Morgan fingerprint density at radius 1 is 0.714 bits per heavy atom. The zero-order valence-electron chi connectivity index (χ0n) is 23.3. The quantitative estimate of drug-likeness (QED) is 0.312. The lowest BCUT2D eigenvalue weighted by Gasteiger charge is -2.36. The maximum Gasteiger partial charge on any atom is 0.0995 e. The monoisotopic (exact) mass is 542 g/mol. The van der Waals surface area contributed by atoms with Gasteiger partial charge in [0.25, 0.3) is 0 Å². The SMILES string of the molecule is N#CC1=CC(N2c3ccccc3C3C=CC=CC32)=CC(c2c(C#N)cccc2N2c3ccccc3C3C=CCCC32)C1. The molecule has 42 heavy (non-hydrogen) atoms. The molecular formula is C38H30N4. The summed E-state index contributed by atoms with van der Waals surface area (Å²) in [6.45, 7) is 0. The lowest BCUT2D eigenvalue weighted by atomic mass is 9.82. The number of anilines is 3. The zero-order chi connectivity index (χ0) is 28.2. The molecule has 3 aromatic rings. The number of hydrogen-bond acceptors (Lipinski definition) is 4. The van der Waals surface area contributed by atoms with Gasteiger partial charge in [0.05, 0.1) is 23.7 Å². The third-order valence-electron chi connectivity index (χ3n) is 9.62. The third-order valence-corrected chi connectivity index (χ3v) is 9.62. The van der Waals surface area contributed by atoms with Crippen LogP contribution in [0, 0.1) is 22.7 Å². The molecule has 3 aliphatic carbocycles. The first-order valence-corrected chi connectivity index (χ1v) is 14.9. The number of benzene rings is 3. The van der Waals surface area contributed by atoms with E-state index in [0.717, 1.165) is 35.4 Å². The largest absolute Gasteiger partial charge is 0.337 e. The van der Waals surface area contributed by atoms with Crippen LogP contribution in [0.25, 0.3) is 0 Å². The molecular weight excluding hydrogens is 512 g/mol. The van der Waals surface area contributed by atoms with E-state index in [1.807, 2.05) is 12.1 Å². The molecule has 0 N–H and O–H groups in total. The molecule has 4 heteroatoms. The molecule has 3 aromatic carbocycles. The third kappa shape index (κ3) is 3.65. The van der Waals surface area contributed by atoms with E-state index in [-0.39, 0.29) is 17.9 Å². The fourth-order valence-corrected chi connectivity index (χ4v) is 7.94. The number of fused-ring (bicyclic) bond motifs is 6. The van der Waals surface area contributed by atoms with E-state index in [1.165, 1.54) is 22.5 Å². The summed E-state index contributed by atoms with van der Waals surface area (Å²) in [5.41, 5.74) is 9.62. The topological polar surface area (TPSA) is 54.1 Å². The van der Waals surface area contributed by atoms with Gasteiger partial charge in [-0.3, -0.25) is 0 Å². The average Bonchev–Trinajstić information content (AvgIpc) is 3.57. The van der Waals surface area contributed by atoms with Gasteiger partial charge in [0, 0.05) is 57.7 Å². The standard InChI is InChI=1S/C38H30N4/c39-23-25-20-27(22-28(21-25)41-33-15-5-1-11-29(33)30-12-2-6-16-34(30)41)38-26(24-40)10-9-19-37(38)42-35-17-7-3-13-31(35)32-14-4-8-18-36(32)42/h1-7,9-17,19,21-22,27,29,32-33,36H,8,18,20H2. The maximum atomic E-state index is 10.4. The molecule has 2 heterocycles. The summed E-state index contributed by atoms with van der Waals surface area (Å²) in [7, 11) is 0. The molecule has 0 aromatic heterocycles. The van der Waals surface area contributed by atoms with Gasteiger partial charge in [0.1, 0.15) is 0 Å². The molecule has 0 saturated heterocycles. The number of allylic oxidation sites excluding steroid dienone is 6. The van der Waals surface area contributed by atoms with Crippen LogP contribution in [0.4, 0.5) is 17.1 Å². The van der Waals surface area contributed by atoms with Crippen LogP contribution >= 0.6 is 0 Å². The van der Waals surface area contributed by atoms with E-state index in [1.54, 1.807) is 0 Å². The zero-order valence-corrected chi connectivity index (χ0v) is 23.3. The second-order valence-electron chi connectivity index (χ2n) is 11.8. The molecule has 4 nitrogen and oxygen atoms in total. The Kier molecular flexibility index (Phi) is 5.76. The summed E-state index contributed by atoms with van der Waals surface area (Å²) in [4.78, 5) is 4.89. The molecule has 5 atom stereocenters. The highest BCUT2D eigenvalue weighted by Crippen LogP contribution is 2.52. The number of para-hydroxylation sites is 2. The van der Waals surface area contributed by atoms with Crippen molar-refractivity contribution >= 4 is 17.1 Å². The minimum atomic E-state index is -0.106. The van der Waals surface area contributed by atoms with Crippen LogP contribution in [0.5, 0.6) is 0 Å². The van der Waals surface area contributed by atoms with E-state index in [0.29, 0.717) is 23.9 Å². The normalized spacial score (nSPS) is 26.4. The summed E-state index contributed by atoms with van der Waals surface area (Å²) in [6, 6.07) is 28.9. The van der Waals surface area contributed by atoms with Gasteiger partial charge in [-0.25, -0.2) is 0 Å². The van der Waals surface area contributed by atoms with Crippen molar-refractivity contribution in [3.05, 3.63) is 149 Å². The highest BCUT2D eigenvalue weighted by Gasteiger charge is 2.42. The van der Waals surface area contributed by atoms with E-state index >= 15 is 0 Å². The predicted octanol–water partition coefficient (Wildman–Crippen LogP) is 8.43. The summed E-state index contributed by atoms with van der Waals surface area (Å²) < 4.78 is 0. The number of nitrogens with zero attached hydrogens (tertiary/aromatic N) is 4. The fraction of sp³-hybridized carbons (Fsp3) is 0.211. The Morgan fingerprint density at radius 2 is 1.45 bits per heavy atom. The minimum absolute atomic E-state index is 0.106. The fourth-order valence-electron chi connectivity index (χ4n) is 7.94. The van der Waals surface area contributed by atoms with Crippen LogP contribution in [0.15, 0.2) is 127 Å². The van der Waals surface area contributed by atoms with Gasteiger partial charge < -0.3 is 9.80 Å². The maximum absolute atomic E-state index is 10.4. The van der Waals surface area contributed by atoms with Crippen molar-refractivity contribution in [2.24, 2.45) is 0 Å². The van der Waals surface area contributed by atoms with Crippen LogP contribution in [0.2, 0.25) is 0 Å². The van der Waals surface area contributed by atoms with E-state index in [4.69, 9.17) is 0 Å². The Hall–Kier alpha value is -5.06. The average molecular weight is 543 g/mol. The Balaban J connectivity index is 1.29. The Labute approximate surface area is 247 Å². The van der Waals surface area contributed by atoms with Crippen LogP contribution in [-0.2, 0) is 0 Å². The molecule has 0 spiro atoms. The molecule has 202 valence electrons. The lowest BCUT2D eigenvalue weighted by Crippen LogP contribution is -2.33. The number of nitriles is 2. The van der Waals surface area contributed by atoms with Gasteiger partial charge in [-0.15, -0.1) is 0 Å². The minimum Gasteiger partial charge on any atom is -0.337 e. The first-order chi connectivity index (χ1) is 20.8. The molecule has 8 rings (SSSR count). The summed E-state index contributed by atoms with van der Waals surface area (Å²) in [5.74, 6) is 0.501. The Morgan fingerprint density at radius 3 is 2.26 bits per heavy atom. The molecule has 5 aliphatic rings. The van der Waals surface area contributed by atoms with E-state index in [9.17, 15) is 10.5 Å². The van der Waals surface area contributed by atoms with Crippen LogP contribution in [0.3, 0.4) is 0 Å². The molecule has 0 amide bonds. The Bertz CT molecular complexity index is 1840. The van der Waals surface area contributed by atoms with Crippen molar-refractivity contribution in [2.45, 2.75) is 49.1 Å². The van der Waals surface area contributed by atoms with Crippen molar-refractivity contribution in [2.75, 3.05) is 9.80 Å². The van der Waals surface area contributed by atoms with Crippen molar-refractivity contribution in [1.82, 2.24) is 0 Å². The van der Waals surface area contributed by atoms with Crippen molar-refractivity contribution in [3.8, 4) is 12.1 Å². The summed E-state index contributed by atoms with van der Waals surface area (Å²) >= 11 is 0. The number of rotatable bonds is 3. The van der Waals surface area contributed by atoms with Gasteiger partial charge in [-0.05, 0) is 60.7 Å². The summed E-state index contributed by atoms with van der Waals surface area (Å²) in [6.07, 6.45) is 20.5. The molecule has 0 fully saturated rings. The molecule has 0 radical (unpaired) electrons. The van der Waals surface area contributed by atoms with Gasteiger partial charge >= 0.3 is 0 Å². The smallest absolute Gasteiger partial charge is 0.0995 e. The molecule has 2 aliphatic heterocycles. The first-order valence-electron chi connectivity index (χ1n) is 14.9. The van der Waals surface area contributed by atoms with Gasteiger partial charge in [0.15, 0.2) is 0 Å². The molecule has 0 bridgehead atoms. The van der Waals surface area contributed by atoms with Gasteiger partial charge in [0.2, 0.25) is 0 Å². The van der Waals surface area contributed by atoms with Crippen molar-refractivity contribution in [1.29, 1.82) is 10.5 Å².